The topological polar surface area (TPSA) is 38.9 Å². The first-order valence-corrected chi connectivity index (χ1v) is 5.22. The lowest BCUT2D eigenvalue weighted by Gasteiger charge is -2.06. The maximum atomic E-state index is 5.99. The van der Waals surface area contributed by atoms with E-state index >= 15 is 0 Å². The average Bonchev–Trinajstić information content (AvgIpc) is 2.61. The van der Waals surface area contributed by atoms with Crippen molar-refractivity contribution < 1.29 is 0 Å². The highest BCUT2D eigenvalue weighted by Crippen LogP contribution is 2.36. The molecule has 12 heavy (non-hydrogen) atoms. The van der Waals surface area contributed by atoms with Crippen molar-refractivity contribution in [3.8, 4) is 0 Å². The molecule has 1 aliphatic rings. The van der Waals surface area contributed by atoms with Crippen LogP contribution in [0.2, 0.25) is 0 Å². The zero-order valence-corrected chi connectivity index (χ0v) is 8.16. The summed E-state index contributed by atoms with van der Waals surface area (Å²) in [5.41, 5.74) is 8.74. The fraction of sp³-hybridized carbons (Fsp3) is 0.667. The highest BCUT2D eigenvalue weighted by Gasteiger charge is 2.37. The van der Waals surface area contributed by atoms with E-state index in [1.807, 2.05) is 0 Å². The number of aromatic nitrogens is 1. The van der Waals surface area contributed by atoms with Gasteiger partial charge in [-0.05, 0) is 49.7 Å². The van der Waals surface area contributed by atoms with E-state index in [2.05, 4.69) is 16.7 Å². The van der Waals surface area contributed by atoms with E-state index in [1.54, 1.807) is 11.5 Å². The third-order valence-electron chi connectivity index (χ3n) is 2.60. The second-order valence-electron chi connectivity index (χ2n) is 3.81. The molecule has 1 saturated carbocycles. The fourth-order valence-electron chi connectivity index (χ4n) is 1.33. The minimum absolute atomic E-state index is 0.177. The molecule has 1 fully saturated rings. The van der Waals surface area contributed by atoms with Crippen LogP contribution in [0.3, 0.4) is 0 Å². The molecule has 0 spiro atoms. The normalized spacial score (nSPS) is 19.5. The summed E-state index contributed by atoms with van der Waals surface area (Å²) in [4.78, 5) is 0. The van der Waals surface area contributed by atoms with Crippen LogP contribution in [0.1, 0.15) is 30.5 Å². The molecule has 0 atom stereocenters. The molecule has 3 heteroatoms. The molecule has 1 aromatic rings. The Labute approximate surface area is 77.0 Å². The molecule has 2 rings (SSSR count). The zero-order valence-electron chi connectivity index (χ0n) is 7.34. The first kappa shape index (κ1) is 8.20. The Morgan fingerprint density at radius 2 is 2.42 bits per heavy atom. The largest absolute Gasteiger partial charge is 0.325 e. The minimum atomic E-state index is 0.177. The molecule has 1 heterocycles. The van der Waals surface area contributed by atoms with Crippen LogP contribution >= 0.6 is 11.5 Å². The highest BCUT2D eigenvalue weighted by atomic mass is 32.1. The minimum Gasteiger partial charge on any atom is -0.325 e. The predicted octanol–water partition coefficient (Wildman–Crippen LogP) is 1.88. The van der Waals surface area contributed by atoms with Crippen molar-refractivity contribution in [3.63, 3.8) is 0 Å². The average molecular weight is 182 g/mol. The van der Waals surface area contributed by atoms with E-state index in [0.717, 1.165) is 12.8 Å². The van der Waals surface area contributed by atoms with Gasteiger partial charge < -0.3 is 5.73 Å². The van der Waals surface area contributed by atoms with Crippen molar-refractivity contribution >= 4 is 11.5 Å². The van der Waals surface area contributed by atoms with Gasteiger partial charge in [0, 0.05) is 10.9 Å². The summed E-state index contributed by atoms with van der Waals surface area (Å²) in [7, 11) is 0. The van der Waals surface area contributed by atoms with Crippen molar-refractivity contribution in [1.29, 1.82) is 0 Å². The van der Waals surface area contributed by atoms with Gasteiger partial charge in [0.2, 0.25) is 0 Å². The second kappa shape index (κ2) is 2.82. The van der Waals surface area contributed by atoms with E-state index in [0.29, 0.717) is 0 Å². The van der Waals surface area contributed by atoms with Crippen LogP contribution in [-0.4, -0.2) is 9.91 Å². The van der Waals surface area contributed by atoms with Gasteiger partial charge in [0.05, 0.1) is 5.69 Å². The third kappa shape index (κ3) is 1.67. The molecular formula is C9H14N2S. The fourth-order valence-corrected chi connectivity index (χ4v) is 2.04. The molecule has 1 aromatic heterocycles. The summed E-state index contributed by atoms with van der Waals surface area (Å²) in [6.07, 6.45) is 4.58. The quantitative estimate of drug-likeness (QED) is 0.775. The maximum absolute atomic E-state index is 5.99. The van der Waals surface area contributed by atoms with Gasteiger partial charge in [0.25, 0.3) is 0 Å². The lowest BCUT2D eigenvalue weighted by atomic mass is 10.1. The number of hydrogen-bond acceptors (Lipinski definition) is 3. The summed E-state index contributed by atoms with van der Waals surface area (Å²) in [6, 6.07) is 0. The summed E-state index contributed by atoms with van der Waals surface area (Å²) in [6.45, 7) is 2.12. The Bertz CT molecular complexity index is 276. The Balaban J connectivity index is 1.91. The number of rotatable bonds is 3. The van der Waals surface area contributed by atoms with Crippen molar-refractivity contribution in [3.05, 3.63) is 16.6 Å². The number of nitrogens with two attached hydrogens (primary N) is 1. The van der Waals surface area contributed by atoms with Crippen LogP contribution in [0.25, 0.3) is 0 Å². The predicted molar refractivity (Wildman–Crippen MR) is 51.3 cm³/mol. The van der Waals surface area contributed by atoms with Gasteiger partial charge in [-0.25, -0.2) is 0 Å². The molecule has 0 saturated heterocycles. The molecule has 0 amide bonds. The SMILES string of the molecule is Cc1csnc1CCC1(N)CC1. The van der Waals surface area contributed by atoms with Crippen LogP contribution < -0.4 is 5.73 Å². The van der Waals surface area contributed by atoms with E-state index < -0.39 is 0 Å². The molecular weight excluding hydrogens is 168 g/mol. The van der Waals surface area contributed by atoms with E-state index in [9.17, 15) is 0 Å². The number of hydrogen-bond donors (Lipinski definition) is 1. The molecule has 1 aliphatic carbocycles. The zero-order chi connectivity index (χ0) is 8.60. The van der Waals surface area contributed by atoms with Crippen LogP contribution in [0.4, 0.5) is 0 Å². The summed E-state index contributed by atoms with van der Waals surface area (Å²) in [5, 5.41) is 2.10. The van der Waals surface area contributed by atoms with Crippen LogP contribution in [0.5, 0.6) is 0 Å². The molecule has 66 valence electrons. The Kier molecular flexibility index (Phi) is 1.93. The molecule has 0 radical (unpaired) electrons. The lowest BCUT2D eigenvalue weighted by molar-refractivity contribution is 0.604. The Hall–Kier alpha value is -0.410. The molecule has 2 nitrogen and oxygen atoms in total. The first-order valence-electron chi connectivity index (χ1n) is 4.38. The summed E-state index contributed by atoms with van der Waals surface area (Å²) in [5.74, 6) is 0. The number of nitrogens with zero attached hydrogens (tertiary/aromatic N) is 1. The highest BCUT2D eigenvalue weighted by molar-refractivity contribution is 7.03. The van der Waals surface area contributed by atoms with Gasteiger partial charge in [-0.1, -0.05) is 0 Å². The standard InChI is InChI=1S/C9H14N2S/c1-7-6-12-11-8(7)2-3-9(10)4-5-9/h6H,2-5,10H2,1H3. The van der Waals surface area contributed by atoms with Crippen molar-refractivity contribution in [2.45, 2.75) is 38.1 Å². The van der Waals surface area contributed by atoms with Crippen LogP contribution in [-0.2, 0) is 6.42 Å². The smallest absolute Gasteiger partial charge is 0.0571 e. The van der Waals surface area contributed by atoms with Gasteiger partial charge >= 0.3 is 0 Å². The lowest BCUT2D eigenvalue weighted by Crippen LogP contribution is -2.22. The third-order valence-corrected chi connectivity index (χ3v) is 3.38. The van der Waals surface area contributed by atoms with Gasteiger partial charge in [-0.15, -0.1) is 0 Å². The van der Waals surface area contributed by atoms with Crippen molar-refractivity contribution in [1.82, 2.24) is 4.37 Å². The maximum Gasteiger partial charge on any atom is 0.0571 e. The van der Waals surface area contributed by atoms with Crippen LogP contribution in [0.15, 0.2) is 5.38 Å². The van der Waals surface area contributed by atoms with E-state index in [4.69, 9.17) is 5.73 Å². The van der Waals surface area contributed by atoms with Crippen molar-refractivity contribution in [2.75, 3.05) is 0 Å². The molecule has 0 aromatic carbocycles. The van der Waals surface area contributed by atoms with Gasteiger partial charge in [0.15, 0.2) is 0 Å². The van der Waals surface area contributed by atoms with E-state index in [1.165, 1.54) is 24.1 Å². The molecule has 0 aliphatic heterocycles. The molecule has 0 bridgehead atoms. The van der Waals surface area contributed by atoms with Gasteiger partial charge in [-0.2, -0.15) is 4.37 Å². The van der Waals surface area contributed by atoms with Crippen LogP contribution in [0, 0.1) is 6.92 Å². The Morgan fingerprint density at radius 3 is 2.92 bits per heavy atom. The van der Waals surface area contributed by atoms with E-state index in [-0.39, 0.29) is 5.54 Å². The van der Waals surface area contributed by atoms with Gasteiger partial charge in [-0.3, -0.25) is 0 Å². The summed E-state index contributed by atoms with van der Waals surface area (Å²) < 4.78 is 4.33. The number of aryl methyl sites for hydroxylation is 2. The first-order chi connectivity index (χ1) is 5.70. The van der Waals surface area contributed by atoms with Crippen molar-refractivity contribution in [2.24, 2.45) is 5.73 Å². The second-order valence-corrected chi connectivity index (χ2v) is 4.44. The van der Waals surface area contributed by atoms with Gasteiger partial charge in [0.1, 0.15) is 0 Å². The summed E-state index contributed by atoms with van der Waals surface area (Å²) >= 11 is 1.55. The Morgan fingerprint density at radius 1 is 1.67 bits per heavy atom. The monoisotopic (exact) mass is 182 g/mol. The molecule has 0 unspecified atom stereocenters. The molecule has 2 N–H and O–H groups in total.